The predicted octanol–water partition coefficient (Wildman–Crippen LogP) is 4.11. The number of furan rings is 1. The van der Waals surface area contributed by atoms with Gasteiger partial charge >= 0.3 is 0 Å². The number of carbonyl (C=O) groups excluding carboxylic acids is 1. The standard InChI is InChI=1S/C22H20N4O2/c27-19-6-3-11-26(19)13-16-9-7-15(8-10-16)12-23-22-21-20(24-14-25-22)17-4-1-2-5-18(17)28-21/h1-2,4-5,7-10,14H,3,6,11-13H2,(H,23,24,25). The number of benzene rings is 2. The van der Waals surface area contributed by atoms with Gasteiger partial charge in [0, 0.05) is 31.4 Å². The molecule has 140 valence electrons. The third kappa shape index (κ3) is 3.07. The number of rotatable bonds is 5. The number of anilines is 1. The summed E-state index contributed by atoms with van der Waals surface area (Å²) in [4.78, 5) is 22.4. The molecule has 28 heavy (non-hydrogen) atoms. The highest BCUT2D eigenvalue weighted by Crippen LogP contribution is 2.30. The molecule has 1 fully saturated rings. The smallest absolute Gasteiger partial charge is 0.222 e. The Labute approximate surface area is 162 Å². The molecule has 2 aromatic heterocycles. The fourth-order valence-corrected chi connectivity index (χ4v) is 3.69. The van der Waals surface area contributed by atoms with Gasteiger partial charge in [-0.2, -0.15) is 0 Å². The van der Waals surface area contributed by atoms with E-state index in [9.17, 15) is 4.79 Å². The lowest BCUT2D eigenvalue weighted by molar-refractivity contribution is -0.128. The summed E-state index contributed by atoms with van der Waals surface area (Å²) >= 11 is 0. The van der Waals surface area contributed by atoms with E-state index in [0.29, 0.717) is 30.9 Å². The molecule has 4 aromatic rings. The van der Waals surface area contributed by atoms with Crippen molar-refractivity contribution in [1.82, 2.24) is 14.9 Å². The molecule has 1 amide bonds. The average molecular weight is 372 g/mol. The van der Waals surface area contributed by atoms with Gasteiger partial charge in [-0.1, -0.05) is 36.4 Å². The van der Waals surface area contributed by atoms with Crippen LogP contribution in [0, 0.1) is 0 Å². The zero-order valence-electron chi connectivity index (χ0n) is 15.4. The lowest BCUT2D eigenvalue weighted by Gasteiger charge is -2.15. The van der Waals surface area contributed by atoms with Gasteiger partial charge in [-0.15, -0.1) is 0 Å². The Morgan fingerprint density at radius 1 is 1.04 bits per heavy atom. The van der Waals surface area contributed by atoms with E-state index >= 15 is 0 Å². The Morgan fingerprint density at radius 2 is 1.86 bits per heavy atom. The number of hydrogen-bond acceptors (Lipinski definition) is 5. The molecule has 5 rings (SSSR count). The average Bonchev–Trinajstić information content (AvgIpc) is 3.31. The van der Waals surface area contributed by atoms with E-state index in [0.717, 1.165) is 40.6 Å². The van der Waals surface area contributed by atoms with Gasteiger partial charge in [-0.3, -0.25) is 4.79 Å². The van der Waals surface area contributed by atoms with Crippen molar-refractivity contribution in [2.75, 3.05) is 11.9 Å². The number of para-hydroxylation sites is 1. The topological polar surface area (TPSA) is 71.3 Å². The monoisotopic (exact) mass is 372 g/mol. The van der Waals surface area contributed by atoms with Crippen molar-refractivity contribution in [3.63, 3.8) is 0 Å². The number of aromatic nitrogens is 2. The number of carbonyl (C=O) groups is 1. The number of nitrogens with zero attached hydrogens (tertiary/aromatic N) is 3. The summed E-state index contributed by atoms with van der Waals surface area (Å²) in [5, 5.41) is 4.34. The molecule has 1 aliphatic rings. The van der Waals surface area contributed by atoms with Crippen molar-refractivity contribution in [2.45, 2.75) is 25.9 Å². The van der Waals surface area contributed by atoms with Crippen molar-refractivity contribution in [3.05, 3.63) is 66.0 Å². The SMILES string of the molecule is O=C1CCCN1Cc1ccc(CNc2ncnc3c2oc2ccccc23)cc1. The van der Waals surface area contributed by atoms with Crippen LogP contribution in [0.2, 0.25) is 0 Å². The summed E-state index contributed by atoms with van der Waals surface area (Å²) in [7, 11) is 0. The van der Waals surface area contributed by atoms with Crippen LogP contribution < -0.4 is 5.32 Å². The molecule has 0 spiro atoms. The number of nitrogens with one attached hydrogen (secondary N) is 1. The molecular weight excluding hydrogens is 352 g/mol. The number of amides is 1. The molecule has 1 saturated heterocycles. The normalized spacial score (nSPS) is 14.3. The highest BCUT2D eigenvalue weighted by molar-refractivity contribution is 6.05. The molecule has 0 bridgehead atoms. The lowest BCUT2D eigenvalue weighted by atomic mass is 10.1. The van der Waals surface area contributed by atoms with E-state index in [1.807, 2.05) is 29.2 Å². The van der Waals surface area contributed by atoms with E-state index < -0.39 is 0 Å². The summed E-state index contributed by atoms with van der Waals surface area (Å²) in [5.41, 5.74) is 4.59. The van der Waals surface area contributed by atoms with Crippen LogP contribution in [0.5, 0.6) is 0 Å². The van der Waals surface area contributed by atoms with Crippen LogP contribution >= 0.6 is 0 Å². The molecule has 0 unspecified atom stereocenters. The van der Waals surface area contributed by atoms with Crippen molar-refractivity contribution in [1.29, 1.82) is 0 Å². The van der Waals surface area contributed by atoms with Crippen molar-refractivity contribution in [2.24, 2.45) is 0 Å². The zero-order chi connectivity index (χ0) is 18.9. The molecule has 6 heteroatoms. The Bertz CT molecular complexity index is 1150. The molecule has 6 nitrogen and oxygen atoms in total. The quantitative estimate of drug-likeness (QED) is 0.571. The van der Waals surface area contributed by atoms with E-state index in [4.69, 9.17) is 4.42 Å². The first-order valence-electron chi connectivity index (χ1n) is 9.49. The second kappa shape index (κ2) is 6.96. The van der Waals surface area contributed by atoms with Crippen molar-refractivity contribution < 1.29 is 9.21 Å². The summed E-state index contributed by atoms with van der Waals surface area (Å²) in [6, 6.07) is 16.2. The maximum Gasteiger partial charge on any atom is 0.222 e. The minimum absolute atomic E-state index is 0.254. The first-order valence-corrected chi connectivity index (χ1v) is 9.49. The van der Waals surface area contributed by atoms with Crippen LogP contribution in [-0.4, -0.2) is 27.3 Å². The van der Waals surface area contributed by atoms with E-state index in [1.54, 1.807) is 6.33 Å². The molecular formula is C22H20N4O2. The van der Waals surface area contributed by atoms with Crippen LogP contribution in [0.25, 0.3) is 22.1 Å². The van der Waals surface area contributed by atoms with Crippen molar-refractivity contribution in [3.8, 4) is 0 Å². The maximum absolute atomic E-state index is 11.8. The van der Waals surface area contributed by atoms with Gasteiger partial charge < -0.3 is 14.6 Å². The Balaban J connectivity index is 1.31. The van der Waals surface area contributed by atoms with Gasteiger partial charge in [-0.25, -0.2) is 9.97 Å². The highest BCUT2D eigenvalue weighted by atomic mass is 16.3. The summed E-state index contributed by atoms with van der Waals surface area (Å²) in [6.07, 6.45) is 3.20. The maximum atomic E-state index is 11.8. The first kappa shape index (κ1) is 16.7. The zero-order valence-corrected chi connectivity index (χ0v) is 15.4. The van der Waals surface area contributed by atoms with Gasteiger partial charge in [0.05, 0.1) is 0 Å². The first-order chi connectivity index (χ1) is 13.8. The molecule has 2 aromatic carbocycles. The van der Waals surface area contributed by atoms with Gasteiger partial charge in [0.25, 0.3) is 0 Å². The van der Waals surface area contributed by atoms with Gasteiger partial charge in [0.15, 0.2) is 11.4 Å². The third-order valence-corrected chi connectivity index (χ3v) is 5.19. The molecule has 1 N–H and O–H groups in total. The second-order valence-corrected chi connectivity index (χ2v) is 7.09. The number of hydrogen-bond donors (Lipinski definition) is 1. The van der Waals surface area contributed by atoms with E-state index in [2.05, 4.69) is 39.6 Å². The molecule has 0 aliphatic carbocycles. The predicted molar refractivity (Wildman–Crippen MR) is 108 cm³/mol. The minimum atomic E-state index is 0.254. The Morgan fingerprint density at radius 3 is 2.68 bits per heavy atom. The Kier molecular flexibility index (Phi) is 4.16. The largest absolute Gasteiger partial charge is 0.450 e. The second-order valence-electron chi connectivity index (χ2n) is 7.09. The van der Waals surface area contributed by atoms with E-state index in [-0.39, 0.29) is 5.91 Å². The molecule has 0 saturated carbocycles. The van der Waals surface area contributed by atoms with Crippen LogP contribution in [0.3, 0.4) is 0 Å². The molecule has 3 heterocycles. The Hall–Kier alpha value is -3.41. The van der Waals surface area contributed by atoms with Gasteiger partial charge in [0.2, 0.25) is 5.91 Å². The molecule has 1 aliphatic heterocycles. The number of fused-ring (bicyclic) bond motifs is 3. The lowest BCUT2D eigenvalue weighted by Crippen LogP contribution is -2.23. The minimum Gasteiger partial charge on any atom is -0.450 e. The van der Waals surface area contributed by atoms with Crippen LogP contribution in [-0.2, 0) is 17.9 Å². The fourth-order valence-electron chi connectivity index (χ4n) is 3.69. The summed E-state index contributed by atoms with van der Waals surface area (Å²) in [5.74, 6) is 0.942. The van der Waals surface area contributed by atoms with Crippen LogP contribution in [0.15, 0.2) is 59.3 Å². The summed E-state index contributed by atoms with van der Waals surface area (Å²) in [6.45, 7) is 2.19. The third-order valence-electron chi connectivity index (χ3n) is 5.19. The van der Waals surface area contributed by atoms with Gasteiger partial charge in [-0.05, 0) is 29.7 Å². The molecule has 0 atom stereocenters. The summed E-state index contributed by atoms with van der Waals surface area (Å²) < 4.78 is 5.95. The number of likely N-dealkylation sites (tertiary alicyclic amines) is 1. The van der Waals surface area contributed by atoms with Crippen molar-refractivity contribution >= 4 is 33.8 Å². The van der Waals surface area contributed by atoms with Crippen LogP contribution in [0.1, 0.15) is 24.0 Å². The fraction of sp³-hybridized carbons (Fsp3) is 0.227. The molecule has 0 radical (unpaired) electrons. The van der Waals surface area contributed by atoms with Gasteiger partial charge in [0.1, 0.15) is 17.4 Å². The van der Waals surface area contributed by atoms with E-state index in [1.165, 1.54) is 0 Å². The van der Waals surface area contributed by atoms with Crippen LogP contribution in [0.4, 0.5) is 5.82 Å². The highest BCUT2D eigenvalue weighted by Gasteiger charge is 2.19.